The fourth-order valence-electron chi connectivity index (χ4n) is 2.48. The molecule has 2 aromatic heterocycles. The Bertz CT molecular complexity index is 872. The van der Waals surface area contributed by atoms with Gasteiger partial charge in [-0.2, -0.15) is 10.1 Å². The summed E-state index contributed by atoms with van der Waals surface area (Å²) in [7, 11) is 1.59. The first kappa shape index (κ1) is 15.0. The van der Waals surface area contributed by atoms with Crippen molar-refractivity contribution in [2.45, 2.75) is 20.3 Å². The molecular formula is C16H17N5O2. The zero-order valence-corrected chi connectivity index (χ0v) is 13.2. The highest BCUT2D eigenvalue weighted by Gasteiger charge is 2.14. The molecule has 0 spiro atoms. The monoisotopic (exact) mass is 311 g/mol. The van der Waals surface area contributed by atoms with E-state index in [-0.39, 0.29) is 12.3 Å². The maximum absolute atomic E-state index is 12.3. The Morgan fingerprint density at radius 3 is 2.96 bits per heavy atom. The zero-order valence-electron chi connectivity index (χ0n) is 13.2. The summed E-state index contributed by atoms with van der Waals surface area (Å²) < 4.78 is 6.79. The third-order valence-corrected chi connectivity index (χ3v) is 3.68. The Kier molecular flexibility index (Phi) is 3.92. The number of carbonyl (C=O) groups excluding carboxylic acids is 1. The second-order valence-corrected chi connectivity index (χ2v) is 5.19. The molecule has 1 aromatic carbocycles. The quantitative estimate of drug-likeness (QED) is 0.796. The lowest BCUT2D eigenvalue weighted by Gasteiger charge is -2.11. The number of amides is 1. The average molecular weight is 311 g/mol. The summed E-state index contributed by atoms with van der Waals surface area (Å²) in [4.78, 5) is 20.8. The Balaban J connectivity index is 1.82. The van der Waals surface area contributed by atoms with Crippen molar-refractivity contribution < 1.29 is 9.53 Å². The Labute approximate surface area is 133 Å². The topological polar surface area (TPSA) is 81.4 Å². The molecule has 1 amide bonds. The zero-order chi connectivity index (χ0) is 16.4. The van der Waals surface area contributed by atoms with Crippen LogP contribution in [0.3, 0.4) is 0 Å². The first-order valence-electron chi connectivity index (χ1n) is 7.18. The summed E-state index contributed by atoms with van der Waals surface area (Å²) in [5.41, 5.74) is 3.19. The molecule has 23 heavy (non-hydrogen) atoms. The normalized spacial score (nSPS) is 10.7. The number of anilines is 1. The van der Waals surface area contributed by atoms with Crippen LogP contribution in [0.2, 0.25) is 0 Å². The van der Waals surface area contributed by atoms with Gasteiger partial charge < -0.3 is 10.1 Å². The van der Waals surface area contributed by atoms with Crippen LogP contribution < -0.4 is 10.1 Å². The predicted octanol–water partition coefficient (Wildman–Crippen LogP) is 1.93. The molecular weight excluding hydrogens is 294 g/mol. The van der Waals surface area contributed by atoms with Gasteiger partial charge in [0.15, 0.2) is 0 Å². The highest BCUT2D eigenvalue weighted by Crippen LogP contribution is 2.18. The molecule has 0 fully saturated rings. The van der Waals surface area contributed by atoms with E-state index in [1.165, 1.54) is 6.33 Å². The van der Waals surface area contributed by atoms with Gasteiger partial charge in [-0.3, -0.25) is 4.79 Å². The van der Waals surface area contributed by atoms with Crippen molar-refractivity contribution in [1.82, 2.24) is 19.6 Å². The van der Waals surface area contributed by atoms with Crippen LogP contribution in [0.25, 0.3) is 5.78 Å². The molecule has 1 N–H and O–H groups in total. The van der Waals surface area contributed by atoms with Crippen molar-refractivity contribution in [3.8, 4) is 5.75 Å². The van der Waals surface area contributed by atoms with Gasteiger partial charge in [0.25, 0.3) is 5.78 Å². The number of aromatic nitrogens is 4. The lowest BCUT2D eigenvalue weighted by atomic mass is 10.1. The maximum atomic E-state index is 12.3. The van der Waals surface area contributed by atoms with Crippen molar-refractivity contribution in [2.24, 2.45) is 0 Å². The van der Waals surface area contributed by atoms with E-state index in [1.807, 2.05) is 32.0 Å². The van der Waals surface area contributed by atoms with Crippen LogP contribution in [0.15, 0.2) is 30.6 Å². The van der Waals surface area contributed by atoms with Crippen molar-refractivity contribution in [3.63, 3.8) is 0 Å². The molecule has 0 radical (unpaired) electrons. The second-order valence-electron chi connectivity index (χ2n) is 5.19. The third kappa shape index (κ3) is 2.98. The predicted molar refractivity (Wildman–Crippen MR) is 85.6 cm³/mol. The Hall–Kier alpha value is -2.96. The van der Waals surface area contributed by atoms with Gasteiger partial charge in [-0.25, -0.2) is 9.50 Å². The fourth-order valence-corrected chi connectivity index (χ4v) is 2.48. The van der Waals surface area contributed by atoms with Gasteiger partial charge in [-0.1, -0.05) is 6.07 Å². The minimum absolute atomic E-state index is 0.120. The Morgan fingerprint density at radius 1 is 1.35 bits per heavy atom. The largest absolute Gasteiger partial charge is 0.497 e. The highest BCUT2D eigenvalue weighted by atomic mass is 16.5. The van der Waals surface area contributed by atoms with E-state index in [0.717, 1.165) is 17.0 Å². The minimum atomic E-state index is -0.120. The molecule has 7 heteroatoms. The van der Waals surface area contributed by atoms with E-state index in [0.29, 0.717) is 17.2 Å². The number of hydrogen-bond donors (Lipinski definition) is 1. The van der Waals surface area contributed by atoms with Crippen LogP contribution in [-0.4, -0.2) is 32.6 Å². The van der Waals surface area contributed by atoms with E-state index in [9.17, 15) is 4.79 Å². The van der Waals surface area contributed by atoms with Crippen LogP contribution in [0.4, 0.5) is 5.69 Å². The van der Waals surface area contributed by atoms with E-state index in [2.05, 4.69) is 20.4 Å². The summed E-state index contributed by atoms with van der Waals surface area (Å²) in [6.07, 6.45) is 1.67. The number of aryl methyl sites for hydroxylation is 2. The smallest absolute Gasteiger partial charge is 0.252 e. The lowest BCUT2D eigenvalue weighted by Crippen LogP contribution is -2.17. The molecule has 0 bridgehead atoms. The molecule has 0 saturated carbocycles. The van der Waals surface area contributed by atoms with Crippen molar-refractivity contribution in [3.05, 3.63) is 47.5 Å². The molecule has 0 aliphatic heterocycles. The van der Waals surface area contributed by atoms with Gasteiger partial charge in [0.05, 0.1) is 13.5 Å². The average Bonchev–Trinajstić information content (AvgIpc) is 3.00. The van der Waals surface area contributed by atoms with Gasteiger partial charge in [-0.15, -0.1) is 0 Å². The number of ether oxygens (including phenoxy) is 1. The van der Waals surface area contributed by atoms with E-state index in [4.69, 9.17) is 4.74 Å². The second kappa shape index (κ2) is 6.04. The van der Waals surface area contributed by atoms with Gasteiger partial charge in [0, 0.05) is 28.7 Å². The number of benzene rings is 1. The van der Waals surface area contributed by atoms with Crippen molar-refractivity contribution in [2.75, 3.05) is 12.4 Å². The number of methoxy groups -OCH3 is 1. The molecule has 118 valence electrons. The summed E-state index contributed by atoms with van der Waals surface area (Å²) in [5.74, 6) is 1.11. The Morgan fingerprint density at radius 2 is 2.17 bits per heavy atom. The molecule has 3 rings (SSSR count). The number of fused-ring (bicyclic) bond motifs is 1. The molecule has 0 aliphatic carbocycles. The number of nitrogens with one attached hydrogen (secondary N) is 1. The first-order valence-corrected chi connectivity index (χ1v) is 7.18. The van der Waals surface area contributed by atoms with Gasteiger partial charge in [0.1, 0.15) is 12.1 Å². The number of nitrogens with zero attached hydrogens (tertiary/aromatic N) is 4. The molecule has 0 aliphatic rings. The van der Waals surface area contributed by atoms with Crippen LogP contribution >= 0.6 is 0 Å². The lowest BCUT2D eigenvalue weighted by molar-refractivity contribution is -0.115. The number of carbonyl (C=O) groups is 1. The summed E-state index contributed by atoms with van der Waals surface area (Å²) >= 11 is 0. The van der Waals surface area contributed by atoms with Crippen molar-refractivity contribution in [1.29, 1.82) is 0 Å². The molecule has 2 heterocycles. The van der Waals surface area contributed by atoms with Crippen LogP contribution in [0.5, 0.6) is 5.75 Å². The van der Waals surface area contributed by atoms with Crippen LogP contribution in [0.1, 0.15) is 17.0 Å². The minimum Gasteiger partial charge on any atom is -0.497 e. The maximum Gasteiger partial charge on any atom is 0.252 e. The van der Waals surface area contributed by atoms with Crippen LogP contribution in [-0.2, 0) is 11.2 Å². The number of rotatable bonds is 4. The van der Waals surface area contributed by atoms with Gasteiger partial charge in [0.2, 0.25) is 5.91 Å². The van der Waals surface area contributed by atoms with Gasteiger partial charge in [-0.05, 0) is 26.0 Å². The first-order chi connectivity index (χ1) is 11.1. The van der Waals surface area contributed by atoms with Crippen molar-refractivity contribution >= 4 is 17.4 Å². The summed E-state index contributed by atoms with van der Waals surface area (Å²) in [6.45, 7) is 3.78. The fraction of sp³-hybridized carbons (Fsp3) is 0.250. The van der Waals surface area contributed by atoms with E-state index < -0.39 is 0 Å². The molecule has 3 aromatic rings. The third-order valence-electron chi connectivity index (χ3n) is 3.68. The molecule has 7 nitrogen and oxygen atoms in total. The highest BCUT2D eigenvalue weighted by molar-refractivity contribution is 5.92. The molecule has 0 atom stereocenters. The SMILES string of the molecule is COc1cccc(NC(=O)Cc2c(C)nc3ncnn3c2C)c1. The molecule has 0 saturated heterocycles. The molecule has 0 unspecified atom stereocenters. The van der Waals surface area contributed by atoms with Gasteiger partial charge >= 0.3 is 0 Å². The summed E-state index contributed by atoms with van der Waals surface area (Å²) in [5, 5.41) is 7.00. The van der Waals surface area contributed by atoms with E-state index >= 15 is 0 Å². The standard InChI is InChI=1S/C16H17N5O2/c1-10-14(11(2)21-16(19-10)17-9-18-21)8-15(22)20-12-5-4-6-13(7-12)23-3/h4-7,9H,8H2,1-3H3,(H,20,22). The number of hydrogen-bond acceptors (Lipinski definition) is 5. The van der Waals surface area contributed by atoms with Crippen LogP contribution in [0, 0.1) is 13.8 Å². The van der Waals surface area contributed by atoms with E-state index in [1.54, 1.807) is 17.7 Å². The summed E-state index contributed by atoms with van der Waals surface area (Å²) in [6, 6.07) is 7.25.